The molecule has 136 valence electrons. The first-order valence-corrected chi connectivity index (χ1v) is 8.59. The number of aromatic nitrogens is 3. The minimum Gasteiger partial charge on any atom is -0.242 e. The summed E-state index contributed by atoms with van der Waals surface area (Å²) in [6, 6.07) is 9.18. The van der Waals surface area contributed by atoms with Gasteiger partial charge < -0.3 is 0 Å². The molecule has 0 atom stereocenters. The van der Waals surface area contributed by atoms with E-state index in [0.29, 0.717) is 28.3 Å². The maximum Gasteiger partial charge on any atom is 0.373 e. The van der Waals surface area contributed by atoms with Crippen molar-refractivity contribution in [2.75, 3.05) is 0 Å². The van der Waals surface area contributed by atoms with Gasteiger partial charge in [0.2, 0.25) is 0 Å². The Balaban J connectivity index is 0.00000117. The Labute approximate surface area is 156 Å². The number of halogens is 3. The fraction of sp³-hybridized carbons (Fsp3) is 0.316. The zero-order valence-electron chi connectivity index (χ0n) is 15.0. The Hall–Kier alpha value is -2.52. The van der Waals surface area contributed by atoms with Crippen molar-refractivity contribution in [3.05, 3.63) is 57.9 Å². The van der Waals surface area contributed by atoms with E-state index >= 15 is 0 Å². The normalized spacial score (nSPS) is 11.0. The molecule has 4 nitrogen and oxygen atoms in total. The van der Waals surface area contributed by atoms with Gasteiger partial charge in [-0.3, -0.25) is 0 Å². The Morgan fingerprint density at radius 3 is 2.50 bits per heavy atom. The molecule has 2 heterocycles. The Bertz CT molecular complexity index is 953. The summed E-state index contributed by atoms with van der Waals surface area (Å²) in [5.74, 6) is -3.64. The van der Waals surface area contributed by atoms with E-state index in [1.54, 1.807) is 13.0 Å². The number of nitrogens with zero attached hydrogens (tertiary/aromatic N) is 4. The number of rotatable bonds is 3. The largest absolute Gasteiger partial charge is 0.373 e. The molecule has 0 saturated heterocycles. The van der Waals surface area contributed by atoms with E-state index in [0.717, 1.165) is 23.3 Å². The van der Waals surface area contributed by atoms with Gasteiger partial charge in [-0.25, -0.2) is 9.67 Å². The van der Waals surface area contributed by atoms with Crippen molar-refractivity contribution in [3.8, 4) is 6.07 Å². The summed E-state index contributed by atoms with van der Waals surface area (Å²) in [6.45, 7) is 8.01. The fourth-order valence-electron chi connectivity index (χ4n) is 2.57. The standard InChI is InChI=1S/C17H13ClF2N4.C2H6/c1-10-4-3-5-14(18)13(10)8-24-16-12(11(2)23-24)6-7-15(22-16)17(19,20)9-21;1-2/h3-7H,8H2,1-2H3;1-2H3. The molecule has 3 aromatic rings. The smallest absolute Gasteiger partial charge is 0.242 e. The maximum absolute atomic E-state index is 13.6. The predicted octanol–water partition coefficient (Wildman–Crippen LogP) is 5.39. The molecule has 0 unspecified atom stereocenters. The zero-order chi connectivity index (χ0) is 19.5. The van der Waals surface area contributed by atoms with Crippen LogP contribution in [0.1, 0.15) is 36.4 Å². The fourth-order valence-corrected chi connectivity index (χ4v) is 2.85. The highest BCUT2D eigenvalue weighted by molar-refractivity contribution is 6.31. The van der Waals surface area contributed by atoms with Crippen LogP contribution in [0.2, 0.25) is 5.02 Å². The van der Waals surface area contributed by atoms with Crippen LogP contribution in [0.3, 0.4) is 0 Å². The monoisotopic (exact) mass is 376 g/mol. The first-order chi connectivity index (χ1) is 12.3. The van der Waals surface area contributed by atoms with Gasteiger partial charge in [-0.1, -0.05) is 37.6 Å². The van der Waals surface area contributed by atoms with E-state index in [9.17, 15) is 8.78 Å². The number of nitriles is 1. The summed E-state index contributed by atoms with van der Waals surface area (Å²) in [5, 5.41) is 14.2. The lowest BCUT2D eigenvalue weighted by Gasteiger charge is -2.10. The molecule has 0 aliphatic rings. The van der Waals surface area contributed by atoms with Crippen molar-refractivity contribution in [1.29, 1.82) is 5.26 Å². The molecule has 2 aromatic heterocycles. The van der Waals surface area contributed by atoms with Crippen molar-refractivity contribution in [1.82, 2.24) is 14.8 Å². The Morgan fingerprint density at radius 1 is 1.19 bits per heavy atom. The molecule has 0 radical (unpaired) electrons. The highest BCUT2D eigenvalue weighted by Crippen LogP contribution is 2.29. The quantitative estimate of drug-likeness (QED) is 0.615. The molecule has 0 aliphatic heterocycles. The van der Waals surface area contributed by atoms with E-state index in [2.05, 4.69) is 10.1 Å². The van der Waals surface area contributed by atoms with Crippen LogP contribution in [0.25, 0.3) is 11.0 Å². The summed E-state index contributed by atoms with van der Waals surface area (Å²) in [4.78, 5) is 3.98. The lowest BCUT2D eigenvalue weighted by Crippen LogP contribution is -2.13. The number of benzene rings is 1. The van der Waals surface area contributed by atoms with Gasteiger partial charge >= 0.3 is 5.92 Å². The number of hydrogen-bond donors (Lipinski definition) is 0. The van der Waals surface area contributed by atoms with Crippen molar-refractivity contribution in [2.45, 2.75) is 40.2 Å². The molecule has 3 rings (SSSR count). The molecule has 0 aliphatic carbocycles. The summed E-state index contributed by atoms with van der Waals surface area (Å²) in [7, 11) is 0. The van der Waals surface area contributed by atoms with Gasteiger partial charge in [0.25, 0.3) is 0 Å². The molecule has 0 bridgehead atoms. The number of pyridine rings is 1. The van der Waals surface area contributed by atoms with Crippen molar-refractivity contribution >= 4 is 22.6 Å². The van der Waals surface area contributed by atoms with Gasteiger partial charge in [0.15, 0.2) is 5.65 Å². The zero-order valence-corrected chi connectivity index (χ0v) is 15.8. The first kappa shape index (κ1) is 19.8. The van der Waals surface area contributed by atoms with Gasteiger partial charge in [0.1, 0.15) is 11.8 Å². The highest BCUT2D eigenvalue weighted by Gasteiger charge is 2.33. The minimum atomic E-state index is -3.64. The van der Waals surface area contributed by atoms with E-state index in [1.807, 2.05) is 32.9 Å². The summed E-state index contributed by atoms with van der Waals surface area (Å²) in [6.07, 6.45) is 0. The second-order valence-corrected chi connectivity index (χ2v) is 5.94. The van der Waals surface area contributed by atoms with Crippen LogP contribution in [0, 0.1) is 25.2 Å². The van der Waals surface area contributed by atoms with Crippen LogP contribution < -0.4 is 0 Å². The van der Waals surface area contributed by atoms with Crippen LogP contribution in [-0.2, 0) is 12.5 Å². The minimum absolute atomic E-state index is 0.305. The SMILES string of the molecule is CC.Cc1cccc(Cl)c1Cn1nc(C)c2ccc(C(F)(F)C#N)nc21. The van der Waals surface area contributed by atoms with Crippen LogP contribution in [0.15, 0.2) is 30.3 Å². The number of fused-ring (bicyclic) bond motifs is 1. The molecule has 0 N–H and O–H groups in total. The van der Waals surface area contributed by atoms with Gasteiger partial charge in [-0.05, 0) is 43.2 Å². The summed E-state index contributed by atoms with van der Waals surface area (Å²) < 4.78 is 28.8. The molecular weight excluding hydrogens is 358 g/mol. The van der Waals surface area contributed by atoms with Crippen LogP contribution in [0.5, 0.6) is 0 Å². The molecule has 7 heteroatoms. The third-order valence-corrected chi connectivity index (χ3v) is 4.26. The third kappa shape index (κ3) is 3.68. The van der Waals surface area contributed by atoms with Gasteiger partial charge in [-0.2, -0.15) is 19.1 Å². The van der Waals surface area contributed by atoms with Crippen LogP contribution in [-0.4, -0.2) is 14.8 Å². The second-order valence-electron chi connectivity index (χ2n) is 5.53. The number of aryl methyl sites for hydroxylation is 2. The predicted molar refractivity (Wildman–Crippen MR) is 98.4 cm³/mol. The molecule has 0 spiro atoms. The average molecular weight is 377 g/mol. The average Bonchev–Trinajstić information content (AvgIpc) is 2.95. The lowest BCUT2D eigenvalue weighted by atomic mass is 10.1. The van der Waals surface area contributed by atoms with E-state index in [1.165, 1.54) is 10.7 Å². The van der Waals surface area contributed by atoms with Crippen LogP contribution in [0.4, 0.5) is 8.78 Å². The topological polar surface area (TPSA) is 54.5 Å². The van der Waals surface area contributed by atoms with E-state index in [-0.39, 0.29) is 0 Å². The van der Waals surface area contributed by atoms with E-state index in [4.69, 9.17) is 16.9 Å². The van der Waals surface area contributed by atoms with Crippen molar-refractivity contribution in [3.63, 3.8) is 0 Å². The van der Waals surface area contributed by atoms with Gasteiger partial charge in [0, 0.05) is 10.4 Å². The number of alkyl halides is 2. The molecule has 0 saturated carbocycles. The summed E-state index contributed by atoms with van der Waals surface area (Å²) in [5.41, 5.74) is 2.22. The third-order valence-electron chi connectivity index (χ3n) is 3.90. The number of hydrogen-bond acceptors (Lipinski definition) is 3. The van der Waals surface area contributed by atoms with Gasteiger partial charge in [-0.15, -0.1) is 0 Å². The maximum atomic E-state index is 13.6. The Morgan fingerprint density at radius 2 is 1.88 bits per heavy atom. The van der Waals surface area contributed by atoms with Crippen molar-refractivity contribution in [2.24, 2.45) is 0 Å². The van der Waals surface area contributed by atoms with Crippen molar-refractivity contribution < 1.29 is 8.78 Å². The highest BCUT2D eigenvalue weighted by atomic mass is 35.5. The lowest BCUT2D eigenvalue weighted by molar-refractivity contribution is 0.0566. The van der Waals surface area contributed by atoms with E-state index < -0.39 is 11.6 Å². The molecular formula is C19H19ClF2N4. The summed E-state index contributed by atoms with van der Waals surface area (Å²) >= 11 is 6.24. The molecule has 26 heavy (non-hydrogen) atoms. The first-order valence-electron chi connectivity index (χ1n) is 8.21. The second kappa shape index (κ2) is 7.79. The Kier molecular flexibility index (Phi) is 5.94. The molecule has 1 aromatic carbocycles. The van der Waals surface area contributed by atoms with Gasteiger partial charge in [0.05, 0.1) is 12.2 Å². The molecule has 0 fully saturated rings. The van der Waals surface area contributed by atoms with Crippen LogP contribution >= 0.6 is 11.6 Å². The molecule has 0 amide bonds.